The molecule has 0 spiro atoms. The van der Waals surface area contributed by atoms with Crippen molar-refractivity contribution >= 4 is 27.8 Å². The highest BCUT2D eigenvalue weighted by molar-refractivity contribution is 6.12. The third-order valence-electron chi connectivity index (χ3n) is 4.59. The van der Waals surface area contributed by atoms with Crippen molar-refractivity contribution in [2.75, 3.05) is 6.54 Å². The molecule has 4 rings (SSSR count). The Kier molecular flexibility index (Phi) is 4.67. The average molecular weight is 395 g/mol. The number of pyridine rings is 1. The highest BCUT2D eigenvalue weighted by Crippen LogP contribution is 2.46. The Hall–Kier alpha value is -3.81. The van der Waals surface area contributed by atoms with Crippen molar-refractivity contribution in [1.29, 1.82) is 0 Å². The zero-order chi connectivity index (χ0) is 20.5. The molecule has 4 aromatic rings. The van der Waals surface area contributed by atoms with Gasteiger partial charge in [-0.15, -0.1) is 0 Å². The number of amides is 1. The number of phenolic OH excluding ortho intramolecular Hbond substituents is 1. The first-order chi connectivity index (χ1) is 14.0. The first kappa shape index (κ1) is 18.5. The number of carbonyl (C=O) groups excluding carboxylic acids is 1. The fourth-order valence-electron chi connectivity index (χ4n) is 3.28. The predicted octanol–water partition coefficient (Wildman–Crippen LogP) is 3.90. The maximum absolute atomic E-state index is 13.2. The van der Waals surface area contributed by atoms with E-state index in [0.29, 0.717) is 17.3 Å². The van der Waals surface area contributed by atoms with E-state index in [1.165, 1.54) is 22.9 Å². The number of benzene rings is 2. The lowest BCUT2D eigenvalue weighted by molar-refractivity contribution is 0.202. The van der Waals surface area contributed by atoms with Crippen molar-refractivity contribution in [1.82, 2.24) is 14.9 Å². The number of rotatable bonds is 4. The third kappa shape index (κ3) is 3.29. The highest BCUT2D eigenvalue weighted by Gasteiger charge is 2.23. The number of hydrogen-bond donors (Lipinski definition) is 3. The number of ether oxygens (including phenoxy) is 1. The number of fused-ring (bicyclic) bond motifs is 2. The summed E-state index contributed by atoms with van der Waals surface area (Å²) in [6.45, 7) is 2.37. The fourth-order valence-corrected chi connectivity index (χ4v) is 3.28. The molecule has 3 N–H and O–H groups in total. The molecule has 0 atom stereocenters. The third-order valence-corrected chi connectivity index (χ3v) is 4.59. The summed E-state index contributed by atoms with van der Waals surface area (Å²) in [5.41, 5.74) is 0.949. The first-order valence-corrected chi connectivity index (χ1v) is 9.01. The standard InChI is InChI=1S/C21H18FN3O4/c1-2-23-21(28)29-19-14-4-3-9-24-17(14)18(26)16-15(19)11-25(20(16)27)10-12-5-7-13(22)8-6-12/h3-9,11,26-27H,2,10H2,1H3,(H,23,28). The van der Waals surface area contributed by atoms with Crippen LogP contribution in [-0.4, -0.2) is 32.4 Å². The molecule has 29 heavy (non-hydrogen) atoms. The van der Waals surface area contributed by atoms with Crippen LogP contribution in [0.2, 0.25) is 0 Å². The van der Waals surface area contributed by atoms with Crippen LogP contribution in [0.15, 0.2) is 48.8 Å². The van der Waals surface area contributed by atoms with Crippen LogP contribution >= 0.6 is 0 Å². The fraction of sp³-hybridized carbons (Fsp3) is 0.143. The summed E-state index contributed by atoms with van der Waals surface area (Å²) in [7, 11) is 0. The Labute approximate surface area is 165 Å². The van der Waals surface area contributed by atoms with Crippen LogP contribution < -0.4 is 10.1 Å². The van der Waals surface area contributed by atoms with E-state index in [9.17, 15) is 19.4 Å². The molecule has 8 heteroatoms. The molecular formula is C21H18FN3O4. The van der Waals surface area contributed by atoms with Crippen LogP contribution in [0, 0.1) is 5.82 Å². The minimum atomic E-state index is -0.657. The molecule has 2 aromatic heterocycles. The normalized spacial score (nSPS) is 11.1. The van der Waals surface area contributed by atoms with Gasteiger partial charge >= 0.3 is 6.09 Å². The molecule has 0 fully saturated rings. The summed E-state index contributed by atoms with van der Waals surface area (Å²) in [5, 5.41) is 24.9. The minimum Gasteiger partial charge on any atom is -0.505 e. The van der Waals surface area contributed by atoms with Gasteiger partial charge in [0.25, 0.3) is 0 Å². The van der Waals surface area contributed by atoms with E-state index in [-0.39, 0.29) is 40.6 Å². The lowest BCUT2D eigenvalue weighted by Crippen LogP contribution is -2.26. The molecule has 0 aliphatic carbocycles. The summed E-state index contributed by atoms with van der Waals surface area (Å²) in [5.74, 6) is -0.604. The summed E-state index contributed by atoms with van der Waals surface area (Å²) in [6.07, 6.45) is 2.42. The molecule has 2 heterocycles. The number of nitrogens with one attached hydrogen (secondary N) is 1. The maximum Gasteiger partial charge on any atom is 0.412 e. The second-order valence-electron chi connectivity index (χ2n) is 6.49. The van der Waals surface area contributed by atoms with Gasteiger partial charge in [-0.2, -0.15) is 0 Å². The van der Waals surface area contributed by atoms with E-state index < -0.39 is 6.09 Å². The molecular weight excluding hydrogens is 377 g/mol. The summed E-state index contributed by atoms with van der Waals surface area (Å²) >= 11 is 0. The summed E-state index contributed by atoms with van der Waals surface area (Å²) in [4.78, 5) is 16.2. The molecule has 0 saturated heterocycles. The SMILES string of the molecule is CCNC(=O)Oc1c2cccnc2c(O)c2c(O)n(Cc3ccc(F)cc3)cc12. The number of aromatic hydroxyl groups is 2. The van der Waals surface area contributed by atoms with Gasteiger partial charge in [0.2, 0.25) is 5.88 Å². The van der Waals surface area contributed by atoms with Crippen molar-refractivity contribution in [3.05, 3.63) is 60.2 Å². The van der Waals surface area contributed by atoms with Gasteiger partial charge in [-0.3, -0.25) is 4.98 Å². The van der Waals surface area contributed by atoms with Crippen molar-refractivity contribution < 1.29 is 24.1 Å². The Bertz CT molecular complexity index is 1220. The molecule has 0 radical (unpaired) electrons. The molecule has 0 aliphatic heterocycles. The monoisotopic (exact) mass is 395 g/mol. The second kappa shape index (κ2) is 7.31. The van der Waals surface area contributed by atoms with E-state index in [0.717, 1.165) is 5.56 Å². The number of phenols is 1. The smallest absolute Gasteiger partial charge is 0.412 e. The topological polar surface area (TPSA) is 96.6 Å². The summed E-state index contributed by atoms with van der Waals surface area (Å²) < 4.78 is 20.2. The lowest BCUT2D eigenvalue weighted by atomic mass is 10.1. The zero-order valence-electron chi connectivity index (χ0n) is 15.5. The molecule has 0 unspecified atom stereocenters. The van der Waals surface area contributed by atoms with Gasteiger partial charge in [-0.1, -0.05) is 12.1 Å². The van der Waals surface area contributed by atoms with Gasteiger partial charge in [0.05, 0.1) is 17.3 Å². The van der Waals surface area contributed by atoms with Gasteiger partial charge in [-0.05, 0) is 36.8 Å². The number of aromatic nitrogens is 2. The van der Waals surface area contributed by atoms with Gasteiger partial charge in [0.1, 0.15) is 11.3 Å². The molecule has 2 aromatic carbocycles. The molecule has 7 nitrogen and oxygen atoms in total. The summed E-state index contributed by atoms with van der Waals surface area (Å²) in [6, 6.07) is 9.19. The van der Waals surface area contributed by atoms with E-state index in [2.05, 4.69) is 10.3 Å². The Balaban J connectivity index is 1.92. The number of carbonyl (C=O) groups is 1. The number of hydrogen-bond acceptors (Lipinski definition) is 5. The van der Waals surface area contributed by atoms with Crippen LogP contribution in [0.1, 0.15) is 12.5 Å². The van der Waals surface area contributed by atoms with Gasteiger partial charge in [-0.25, -0.2) is 9.18 Å². The predicted molar refractivity (Wildman–Crippen MR) is 106 cm³/mol. The van der Waals surface area contributed by atoms with Crippen molar-refractivity contribution in [2.24, 2.45) is 0 Å². The van der Waals surface area contributed by atoms with Crippen LogP contribution in [0.5, 0.6) is 17.4 Å². The van der Waals surface area contributed by atoms with Crippen molar-refractivity contribution in [3.63, 3.8) is 0 Å². The number of halogens is 1. The largest absolute Gasteiger partial charge is 0.505 e. The Morgan fingerprint density at radius 2 is 1.97 bits per heavy atom. The van der Waals surface area contributed by atoms with Gasteiger partial charge in [0, 0.05) is 24.3 Å². The van der Waals surface area contributed by atoms with E-state index >= 15 is 0 Å². The van der Waals surface area contributed by atoms with E-state index in [1.54, 1.807) is 37.4 Å². The van der Waals surface area contributed by atoms with Crippen molar-refractivity contribution in [3.8, 4) is 17.4 Å². The van der Waals surface area contributed by atoms with E-state index in [1.807, 2.05) is 0 Å². The molecule has 0 saturated carbocycles. The van der Waals surface area contributed by atoms with Crippen molar-refractivity contribution in [2.45, 2.75) is 13.5 Å². The lowest BCUT2D eigenvalue weighted by Gasteiger charge is -2.11. The molecule has 0 aliphatic rings. The Morgan fingerprint density at radius 3 is 2.69 bits per heavy atom. The first-order valence-electron chi connectivity index (χ1n) is 9.01. The van der Waals surface area contributed by atoms with Gasteiger partial charge in [0.15, 0.2) is 11.5 Å². The van der Waals surface area contributed by atoms with Crippen LogP contribution in [0.3, 0.4) is 0 Å². The average Bonchev–Trinajstić information content (AvgIpc) is 3.03. The zero-order valence-corrected chi connectivity index (χ0v) is 15.5. The van der Waals surface area contributed by atoms with E-state index in [4.69, 9.17) is 4.74 Å². The van der Waals surface area contributed by atoms with Crippen LogP contribution in [0.25, 0.3) is 21.7 Å². The molecule has 1 amide bonds. The van der Waals surface area contributed by atoms with Crippen LogP contribution in [0.4, 0.5) is 9.18 Å². The second-order valence-corrected chi connectivity index (χ2v) is 6.49. The van der Waals surface area contributed by atoms with Crippen LogP contribution in [-0.2, 0) is 6.54 Å². The molecule has 0 bridgehead atoms. The Morgan fingerprint density at radius 1 is 1.21 bits per heavy atom. The maximum atomic E-state index is 13.2. The van der Waals surface area contributed by atoms with Gasteiger partial charge < -0.3 is 24.8 Å². The minimum absolute atomic E-state index is 0.123. The number of nitrogens with zero attached hydrogens (tertiary/aromatic N) is 2. The molecule has 148 valence electrons. The quantitative estimate of drug-likeness (QED) is 0.487. The highest BCUT2D eigenvalue weighted by atomic mass is 19.1.